The van der Waals surface area contributed by atoms with E-state index in [4.69, 9.17) is 0 Å². The number of hydrogen-bond acceptors (Lipinski definition) is 0. The van der Waals surface area contributed by atoms with Crippen LogP contribution in [0, 0.1) is 0 Å². The zero-order valence-corrected chi connectivity index (χ0v) is 10.8. The lowest BCUT2D eigenvalue weighted by Gasteiger charge is -2.10. The minimum absolute atomic E-state index is 1.05. The minimum Gasteiger partial charge on any atom is -0.0760 e. The van der Waals surface area contributed by atoms with Crippen molar-refractivity contribution in [3.05, 3.63) is 76.9 Å². The van der Waals surface area contributed by atoms with Crippen molar-refractivity contribution < 1.29 is 0 Å². The number of hydrogen-bond donors (Lipinski definition) is 0. The highest BCUT2D eigenvalue weighted by Gasteiger charge is 2.14. The molecule has 0 saturated carbocycles. The maximum Gasteiger partial charge on any atom is -0.00170 e. The van der Waals surface area contributed by atoms with E-state index in [0.717, 1.165) is 12.8 Å². The maximum atomic E-state index is 2.31. The van der Waals surface area contributed by atoms with E-state index < -0.39 is 0 Å². The van der Waals surface area contributed by atoms with Gasteiger partial charge in [-0.25, -0.2) is 0 Å². The predicted octanol–water partition coefficient (Wildman–Crippen LogP) is 4.63. The molecule has 2 aromatic carbocycles. The smallest absolute Gasteiger partial charge is 0.00170 e. The van der Waals surface area contributed by atoms with Crippen LogP contribution in [0.3, 0.4) is 0 Å². The Hall–Kier alpha value is -1.82. The molecule has 1 aliphatic rings. The Morgan fingerprint density at radius 2 is 1.44 bits per heavy atom. The number of rotatable bonds is 4. The number of aryl methyl sites for hydroxylation is 1. The highest BCUT2D eigenvalue weighted by Crippen LogP contribution is 2.34. The predicted molar refractivity (Wildman–Crippen MR) is 77.7 cm³/mol. The minimum atomic E-state index is 1.05. The Morgan fingerprint density at radius 3 is 2.11 bits per heavy atom. The molecule has 0 aromatic heterocycles. The van der Waals surface area contributed by atoms with Crippen LogP contribution < -0.4 is 0 Å². The molecule has 0 atom stereocenters. The van der Waals surface area contributed by atoms with E-state index in [1.807, 2.05) is 0 Å². The second kappa shape index (κ2) is 4.81. The molecule has 0 nitrogen and oxygen atoms in total. The fourth-order valence-electron chi connectivity index (χ4n) is 2.54. The van der Waals surface area contributed by atoms with E-state index in [0.29, 0.717) is 0 Å². The molecule has 0 unspecified atom stereocenters. The van der Waals surface area contributed by atoms with Crippen LogP contribution in [0.1, 0.15) is 35.6 Å². The third-order valence-electron chi connectivity index (χ3n) is 3.65. The maximum absolute atomic E-state index is 2.31. The van der Waals surface area contributed by atoms with Crippen LogP contribution in [0.2, 0.25) is 0 Å². The summed E-state index contributed by atoms with van der Waals surface area (Å²) in [5, 5.41) is 0. The van der Waals surface area contributed by atoms with Gasteiger partial charge >= 0.3 is 0 Å². The topological polar surface area (TPSA) is 0 Å². The van der Waals surface area contributed by atoms with Crippen LogP contribution in [0.15, 0.2) is 54.6 Å². The highest BCUT2D eigenvalue weighted by atomic mass is 14.2. The molecule has 0 heteroatoms. The van der Waals surface area contributed by atoms with E-state index in [9.17, 15) is 0 Å². The van der Waals surface area contributed by atoms with Gasteiger partial charge in [-0.3, -0.25) is 0 Å². The molecule has 0 spiro atoms. The van der Waals surface area contributed by atoms with Crippen LogP contribution in [-0.4, -0.2) is 0 Å². The Bertz CT molecular complexity index is 590. The molecule has 2 aromatic rings. The molecule has 0 radical (unpaired) electrons. The molecule has 0 amide bonds. The molecule has 0 saturated heterocycles. The van der Waals surface area contributed by atoms with Crippen LogP contribution in [0.5, 0.6) is 0 Å². The average molecular weight is 234 g/mol. The first-order valence-corrected chi connectivity index (χ1v) is 6.72. The van der Waals surface area contributed by atoms with E-state index in [1.165, 1.54) is 34.2 Å². The third-order valence-corrected chi connectivity index (χ3v) is 3.65. The van der Waals surface area contributed by atoms with Crippen molar-refractivity contribution in [2.75, 3.05) is 0 Å². The van der Waals surface area contributed by atoms with E-state index in [1.54, 1.807) is 0 Å². The zero-order valence-electron chi connectivity index (χ0n) is 10.8. The van der Waals surface area contributed by atoms with Crippen molar-refractivity contribution in [1.82, 2.24) is 0 Å². The normalized spacial score (nSPS) is 13.3. The molecular weight excluding hydrogens is 216 g/mol. The summed E-state index contributed by atoms with van der Waals surface area (Å²) in [6.07, 6.45) is 5.65. The van der Waals surface area contributed by atoms with Crippen LogP contribution >= 0.6 is 0 Å². The van der Waals surface area contributed by atoms with Crippen LogP contribution in [0.4, 0.5) is 0 Å². The van der Waals surface area contributed by atoms with Gasteiger partial charge in [0.05, 0.1) is 0 Å². The fourth-order valence-corrected chi connectivity index (χ4v) is 2.54. The molecule has 90 valence electrons. The Labute approximate surface area is 109 Å². The summed E-state index contributed by atoms with van der Waals surface area (Å²) in [4.78, 5) is 0. The largest absolute Gasteiger partial charge is 0.0760 e. The zero-order chi connectivity index (χ0) is 12.4. The van der Waals surface area contributed by atoms with Crippen molar-refractivity contribution in [3.63, 3.8) is 0 Å². The van der Waals surface area contributed by atoms with Crippen LogP contribution in [-0.2, 0) is 12.8 Å². The first-order chi connectivity index (χ1) is 8.88. The molecule has 18 heavy (non-hydrogen) atoms. The van der Waals surface area contributed by atoms with E-state index in [-0.39, 0.29) is 0 Å². The van der Waals surface area contributed by atoms with Gasteiger partial charge in [0.1, 0.15) is 0 Å². The van der Waals surface area contributed by atoms with Gasteiger partial charge in [0.25, 0.3) is 0 Å². The second-order valence-corrected chi connectivity index (χ2v) is 4.89. The van der Waals surface area contributed by atoms with E-state index >= 15 is 0 Å². The van der Waals surface area contributed by atoms with Gasteiger partial charge < -0.3 is 0 Å². The third kappa shape index (κ3) is 2.24. The summed E-state index contributed by atoms with van der Waals surface area (Å²) >= 11 is 0. The average Bonchev–Trinajstić information content (AvgIpc) is 3.24. The van der Waals surface area contributed by atoms with Crippen molar-refractivity contribution in [2.24, 2.45) is 0 Å². The van der Waals surface area contributed by atoms with Crippen molar-refractivity contribution in [2.45, 2.75) is 26.2 Å². The van der Waals surface area contributed by atoms with Gasteiger partial charge in [0, 0.05) is 0 Å². The van der Waals surface area contributed by atoms with Gasteiger partial charge in [0.15, 0.2) is 0 Å². The molecule has 0 N–H and O–H groups in total. The van der Waals surface area contributed by atoms with Crippen molar-refractivity contribution in [3.8, 4) is 0 Å². The van der Waals surface area contributed by atoms with Crippen molar-refractivity contribution in [1.29, 1.82) is 0 Å². The lowest BCUT2D eigenvalue weighted by Crippen LogP contribution is -1.96. The molecule has 0 bridgehead atoms. The molecule has 0 aliphatic heterocycles. The molecule has 0 heterocycles. The first kappa shape index (κ1) is 11.3. The quantitative estimate of drug-likeness (QED) is 0.723. The molecule has 0 fully saturated rings. The highest BCUT2D eigenvalue weighted by molar-refractivity contribution is 5.79. The SMILES string of the molecule is CCc1ccccc1Cc1ccccc1C1=CC1. The van der Waals surface area contributed by atoms with Gasteiger partial charge in [-0.15, -0.1) is 0 Å². The monoisotopic (exact) mass is 234 g/mol. The van der Waals surface area contributed by atoms with E-state index in [2.05, 4.69) is 61.5 Å². The molecule has 1 aliphatic carbocycles. The first-order valence-electron chi connectivity index (χ1n) is 6.72. The summed E-state index contributed by atoms with van der Waals surface area (Å²) < 4.78 is 0. The molecule has 3 rings (SSSR count). The number of allylic oxidation sites excluding steroid dienone is 2. The summed E-state index contributed by atoms with van der Waals surface area (Å²) in [6.45, 7) is 2.23. The fraction of sp³-hybridized carbons (Fsp3) is 0.222. The lowest BCUT2D eigenvalue weighted by atomic mass is 9.94. The summed E-state index contributed by atoms with van der Waals surface area (Å²) in [5.74, 6) is 0. The standard InChI is InChI=1S/C18H18/c1-2-14-7-3-4-8-16(14)13-17-9-5-6-10-18(17)15-11-12-15/h3-11H,2,12-13H2,1H3. The summed E-state index contributed by atoms with van der Waals surface area (Å²) in [7, 11) is 0. The van der Waals surface area contributed by atoms with Crippen molar-refractivity contribution >= 4 is 5.57 Å². The Morgan fingerprint density at radius 1 is 0.833 bits per heavy atom. The Kier molecular flexibility index (Phi) is 3.02. The van der Waals surface area contributed by atoms with Gasteiger partial charge in [-0.05, 0) is 47.1 Å². The summed E-state index contributed by atoms with van der Waals surface area (Å²) in [6, 6.07) is 17.6. The lowest BCUT2D eigenvalue weighted by molar-refractivity contribution is 1.06. The summed E-state index contributed by atoms with van der Waals surface area (Å²) in [5.41, 5.74) is 7.36. The Balaban J connectivity index is 1.95. The molecular formula is C18H18. The van der Waals surface area contributed by atoms with Gasteiger partial charge in [-0.2, -0.15) is 0 Å². The van der Waals surface area contributed by atoms with Gasteiger partial charge in [-0.1, -0.05) is 61.5 Å². The second-order valence-electron chi connectivity index (χ2n) is 4.89. The number of benzene rings is 2. The van der Waals surface area contributed by atoms with Gasteiger partial charge in [0.2, 0.25) is 0 Å². The van der Waals surface area contributed by atoms with Crippen LogP contribution in [0.25, 0.3) is 5.57 Å².